The molecule has 0 radical (unpaired) electrons. The van der Waals surface area contributed by atoms with Gasteiger partial charge in [0.2, 0.25) is 5.95 Å². The van der Waals surface area contributed by atoms with Crippen LogP contribution >= 0.6 is 15.9 Å². The molecular formula is C14H17BrN4. The van der Waals surface area contributed by atoms with Gasteiger partial charge in [-0.1, -0.05) is 12.1 Å². The second kappa shape index (κ2) is 6.02. The molecule has 0 spiro atoms. The van der Waals surface area contributed by atoms with Crippen molar-refractivity contribution in [2.75, 3.05) is 17.2 Å². The molecule has 0 amide bonds. The Morgan fingerprint density at radius 2 is 2.05 bits per heavy atom. The second-order valence-electron chi connectivity index (χ2n) is 4.36. The van der Waals surface area contributed by atoms with Crippen molar-refractivity contribution in [1.82, 2.24) is 9.97 Å². The number of nitrogens with one attached hydrogen (secondary N) is 2. The average Bonchev–Trinajstić information content (AvgIpc) is 2.38. The number of benzene rings is 1. The smallest absolute Gasteiger partial charge is 0.224 e. The first-order valence-corrected chi connectivity index (χ1v) is 7.00. The summed E-state index contributed by atoms with van der Waals surface area (Å²) in [5, 5.41) is 6.45. The van der Waals surface area contributed by atoms with Gasteiger partial charge < -0.3 is 10.6 Å². The Hall–Kier alpha value is -1.62. The van der Waals surface area contributed by atoms with Gasteiger partial charge in [0.25, 0.3) is 0 Å². The van der Waals surface area contributed by atoms with Crippen molar-refractivity contribution in [3.63, 3.8) is 0 Å². The Bertz CT molecular complexity index is 584. The van der Waals surface area contributed by atoms with Gasteiger partial charge in [-0.25, -0.2) is 4.98 Å². The molecule has 2 aromatic rings. The summed E-state index contributed by atoms with van der Waals surface area (Å²) in [6.45, 7) is 6.96. The van der Waals surface area contributed by atoms with Gasteiger partial charge in [-0.2, -0.15) is 4.98 Å². The number of aryl methyl sites for hydroxylation is 2. The summed E-state index contributed by atoms with van der Waals surface area (Å²) in [5.41, 5.74) is 3.45. The van der Waals surface area contributed by atoms with Crippen molar-refractivity contribution in [3.05, 3.63) is 40.0 Å². The van der Waals surface area contributed by atoms with Crippen LogP contribution in [-0.2, 0) is 0 Å². The van der Waals surface area contributed by atoms with Crippen LogP contribution < -0.4 is 10.6 Å². The minimum Gasteiger partial charge on any atom is -0.354 e. The van der Waals surface area contributed by atoms with Crippen LogP contribution in [0, 0.1) is 13.8 Å². The van der Waals surface area contributed by atoms with E-state index in [-0.39, 0.29) is 0 Å². The summed E-state index contributed by atoms with van der Waals surface area (Å²) < 4.78 is 0.843. The molecule has 4 nitrogen and oxygen atoms in total. The number of hydrogen-bond donors (Lipinski definition) is 2. The zero-order valence-electron chi connectivity index (χ0n) is 11.3. The van der Waals surface area contributed by atoms with Crippen molar-refractivity contribution in [3.8, 4) is 0 Å². The molecule has 1 aromatic heterocycles. The maximum Gasteiger partial charge on any atom is 0.224 e. The summed E-state index contributed by atoms with van der Waals surface area (Å²) in [7, 11) is 0. The molecule has 0 saturated carbocycles. The predicted octanol–water partition coefficient (Wildman–Crippen LogP) is 4.03. The lowest BCUT2D eigenvalue weighted by Crippen LogP contribution is -2.05. The van der Waals surface area contributed by atoms with Crippen LogP contribution in [0.25, 0.3) is 0 Å². The first-order chi connectivity index (χ1) is 9.10. The molecule has 1 heterocycles. The Labute approximate surface area is 121 Å². The van der Waals surface area contributed by atoms with Gasteiger partial charge in [-0.05, 0) is 53.9 Å². The molecule has 2 rings (SSSR count). The summed E-state index contributed by atoms with van der Waals surface area (Å²) in [5.74, 6) is 1.39. The lowest BCUT2D eigenvalue weighted by Gasteiger charge is -2.12. The lowest BCUT2D eigenvalue weighted by atomic mass is 10.1. The standard InChI is InChI=1S/C14H17BrN4/c1-4-16-14-17-8-11(15)13(19-14)18-12-7-9(2)5-6-10(12)3/h5-8H,4H2,1-3H3,(H2,16,17,18,19). The third-order valence-corrected chi connectivity index (χ3v) is 3.31. The molecule has 0 unspecified atom stereocenters. The van der Waals surface area contributed by atoms with Gasteiger partial charge in [-0.3, -0.25) is 0 Å². The molecule has 0 aliphatic heterocycles. The van der Waals surface area contributed by atoms with Crippen LogP contribution in [-0.4, -0.2) is 16.5 Å². The lowest BCUT2D eigenvalue weighted by molar-refractivity contribution is 1.08. The molecule has 0 bridgehead atoms. The predicted molar refractivity (Wildman–Crippen MR) is 83.1 cm³/mol. The Morgan fingerprint density at radius 1 is 1.26 bits per heavy atom. The fourth-order valence-corrected chi connectivity index (χ4v) is 1.99. The third-order valence-electron chi connectivity index (χ3n) is 2.73. The highest BCUT2D eigenvalue weighted by molar-refractivity contribution is 9.10. The molecule has 0 aliphatic rings. The molecule has 100 valence electrons. The van der Waals surface area contributed by atoms with Gasteiger partial charge in [-0.15, -0.1) is 0 Å². The molecule has 5 heteroatoms. The molecule has 0 aliphatic carbocycles. The second-order valence-corrected chi connectivity index (χ2v) is 5.22. The highest BCUT2D eigenvalue weighted by Crippen LogP contribution is 2.26. The summed E-state index contributed by atoms with van der Waals surface area (Å²) in [4.78, 5) is 8.65. The van der Waals surface area contributed by atoms with Crippen LogP contribution in [0.5, 0.6) is 0 Å². The third kappa shape index (κ3) is 3.44. The van der Waals surface area contributed by atoms with E-state index in [2.05, 4.69) is 68.6 Å². The van der Waals surface area contributed by atoms with E-state index in [1.54, 1.807) is 6.20 Å². The zero-order valence-corrected chi connectivity index (χ0v) is 12.9. The topological polar surface area (TPSA) is 49.8 Å². The van der Waals surface area contributed by atoms with E-state index in [1.807, 2.05) is 6.92 Å². The fourth-order valence-electron chi connectivity index (χ4n) is 1.70. The molecule has 19 heavy (non-hydrogen) atoms. The maximum atomic E-state index is 4.45. The Morgan fingerprint density at radius 3 is 2.79 bits per heavy atom. The van der Waals surface area contributed by atoms with Gasteiger partial charge in [0.1, 0.15) is 5.82 Å². The zero-order chi connectivity index (χ0) is 13.8. The van der Waals surface area contributed by atoms with Gasteiger partial charge >= 0.3 is 0 Å². The van der Waals surface area contributed by atoms with Crippen molar-refractivity contribution < 1.29 is 0 Å². The molecule has 0 atom stereocenters. The van der Waals surface area contributed by atoms with E-state index in [4.69, 9.17) is 0 Å². The molecule has 0 saturated heterocycles. The van der Waals surface area contributed by atoms with Crippen molar-refractivity contribution >= 4 is 33.4 Å². The van der Waals surface area contributed by atoms with Crippen LogP contribution in [0.4, 0.5) is 17.5 Å². The molecular weight excluding hydrogens is 304 g/mol. The van der Waals surface area contributed by atoms with E-state index in [0.29, 0.717) is 5.95 Å². The van der Waals surface area contributed by atoms with E-state index < -0.39 is 0 Å². The van der Waals surface area contributed by atoms with Crippen molar-refractivity contribution in [2.24, 2.45) is 0 Å². The fraction of sp³-hybridized carbons (Fsp3) is 0.286. The van der Waals surface area contributed by atoms with Crippen LogP contribution in [0.1, 0.15) is 18.1 Å². The molecule has 2 N–H and O–H groups in total. The monoisotopic (exact) mass is 320 g/mol. The normalized spacial score (nSPS) is 10.3. The summed E-state index contributed by atoms with van der Waals surface area (Å²) in [6.07, 6.45) is 1.75. The molecule has 1 aromatic carbocycles. The minimum atomic E-state index is 0.624. The quantitative estimate of drug-likeness (QED) is 0.892. The van der Waals surface area contributed by atoms with E-state index in [1.165, 1.54) is 11.1 Å². The number of aromatic nitrogens is 2. The number of rotatable bonds is 4. The number of hydrogen-bond acceptors (Lipinski definition) is 4. The largest absolute Gasteiger partial charge is 0.354 e. The first kappa shape index (κ1) is 13.8. The SMILES string of the molecule is CCNc1ncc(Br)c(Nc2cc(C)ccc2C)n1. The number of nitrogens with zero attached hydrogens (tertiary/aromatic N) is 2. The highest BCUT2D eigenvalue weighted by Gasteiger charge is 2.06. The number of halogens is 1. The van der Waals surface area contributed by atoms with Crippen LogP contribution in [0.3, 0.4) is 0 Å². The first-order valence-electron chi connectivity index (χ1n) is 6.21. The van der Waals surface area contributed by atoms with E-state index in [9.17, 15) is 0 Å². The van der Waals surface area contributed by atoms with Gasteiger partial charge in [0.05, 0.1) is 4.47 Å². The summed E-state index contributed by atoms with van der Waals surface area (Å²) in [6, 6.07) is 6.30. The Kier molecular flexibility index (Phi) is 4.37. The van der Waals surface area contributed by atoms with E-state index >= 15 is 0 Å². The maximum absolute atomic E-state index is 4.45. The van der Waals surface area contributed by atoms with Crippen molar-refractivity contribution in [2.45, 2.75) is 20.8 Å². The van der Waals surface area contributed by atoms with Crippen LogP contribution in [0.15, 0.2) is 28.9 Å². The van der Waals surface area contributed by atoms with Gasteiger partial charge in [0, 0.05) is 18.4 Å². The molecule has 0 fully saturated rings. The summed E-state index contributed by atoms with van der Waals surface area (Å²) >= 11 is 3.47. The highest BCUT2D eigenvalue weighted by atomic mass is 79.9. The van der Waals surface area contributed by atoms with Crippen LogP contribution in [0.2, 0.25) is 0 Å². The number of anilines is 3. The van der Waals surface area contributed by atoms with Gasteiger partial charge in [0.15, 0.2) is 0 Å². The van der Waals surface area contributed by atoms with Crippen molar-refractivity contribution in [1.29, 1.82) is 0 Å². The van der Waals surface area contributed by atoms with E-state index in [0.717, 1.165) is 22.5 Å². The Balaban J connectivity index is 2.31. The minimum absolute atomic E-state index is 0.624. The average molecular weight is 321 g/mol.